The highest BCUT2D eigenvalue weighted by Crippen LogP contribution is 2.21. The van der Waals surface area contributed by atoms with E-state index in [4.69, 9.17) is 5.26 Å². The average Bonchev–Trinajstić information content (AvgIpc) is 2.39. The van der Waals surface area contributed by atoms with E-state index in [0.717, 1.165) is 12.6 Å². The molecule has 0 aliphatic heterocycles. The second kappa shape index (κ2) is 7.23. The summed E-state index contributed by atoms with van der Waals surface area (Å²) in [5, 5.41) is 14.3. The molecule has 1 aromatic rings. The minimum Gasteiger partial charge on any atom is -0.335 e. The van der Waals surface area contributed by atoms with E-state index in [-0.39, 0.29) is 23.1 Å². The second-order valence-corrected chi connectivity index (χ2v) is 6.35. The highest BCUT2D eigenvalue weighted by atomic mass is 19.1. The van der Waals surface area contributed by atoms with Crippen molar-refractivity contribution in [2.24, 2.45) is 5.41 Å². The number of rotatable bonds is 5. The first kappa shape index (κ1) is 17.9. The first-order chi connectivity index (χ1) is 10.2. The zero-order valence-electron chi connectivity index (χ0n) is 13.7. The summed E-state index contributed by atoms with van der Waals surface area (Å²) in [7, 11) is 3.97. The summed E-state index contributed by atoms with van der Waals surface area (Å²) in [4.78, 5) is 14.1. The van der Waals surface area contributed by atoms with Gasteiger partial charge in [-0.25, -0.2) is 9.18 Å². The molecule has 0 unspecified atom stereocenters. The van der Waals surface area contributed by atoms with Crippen molar-refractivity contribution in [3.05, 3.63) is 29.6 Å². The van der Waals surface area contributed by atoms with Crippen LogP contribution < -0.4 is 10.6 Å². The summed E-state index contributed by atoms with van der Waals surface area (Å²) in [6, 6.07) is 5.19. The predicted molar refractivity (Wildman–Crippen MR) is 85.1 cm³/mol. The molecule has 5 nitrogen and oxygen atoms in total. The first-order valence-electron chi connectivity index (χ1n) is 7.07. The second-order valence-electron chi connectivity index (χ2n) is 6.35. The van der Waals surface area contributed by atoms with Gasteiger partial charge in [-0.05, 0) is 44.6 Å². The summed E-state index contributed by atoms with van der Waals surface area (Å²) in [5.74, 6) is -0.603. The van der Waals surface area contributed by atoms with Crippen molar-refractivity contribution in [1.82, 2.24) is 10.2 Å². The van der Waals surface area contributed by atoms with Crippen LogP contribution in [0, 0.1) is 22.6 Å². The van der Waals surface area contributed by atoms with Crippen LogP contribution in [0.1, 0.15) is 26.3 Å². The fraction of sp³-hybridized carbons (Fsp3) is 0.500. The highest BCUT2D eigenvalue weighted by Gasteiger charge is 2.27. The van der Waals surface area contributed by atoms with Gasteiger partial charge in [0.15, 0.2) is 0 Å². The normalized spacial score (nSPS) is 12.6. The van der Waals surface area contributed by atoms with E-state index in [1.807, 2.05) is 21.0 Å². The van der Waals surface area contributed by atoms with Crippen LogP contribution in [0.25, 0.3) is 0 Å². The average molecular weight is 306 g/mol. The number of carbonyl (C=O) groups is 1. The summed E-state index contributed by atoms with van der Waals surface area (Å²) in [6.07, 6.45) is 0. The molecule has 1 aromatic carbocycles. The molecule has 22 heavy (non-hydrogen) atoms. The van der Waals surface area contributed by atoms with Gasteiger partial charge in [0.05, 0.1) is 5.56 Å². The Kier molecular flexibility index (Phi) is 5.89. The minimum atomic E-state index is -0.603. The van der Waals surface area contributed by atoms with Crippen molar-refractivity contribution in [3.8, 4) is 6.07 Å². The molecule has 0 aliphatic rings. The predicted octanol–water partition coefficient (Wildman–Crippen LogP) is 2.80. The molecule has 0 radical (unpaired) electrons. The lowest BCUT2D eigenvalue weighted by molar-refractivity contribution is 0.183. The Morgan fingerprint density at radius 1 is 1.45 bits per heavy atom. The van der Waals surface area contributed by atoms with Crippen LogP contribution in [-0.4, -0.2) is 37.6 Å². The van der Waals surface area contributed by atoms with E-state index in [1.54, 1.807) is 6.07 Å². The number of hydrogen-bond donors (Lipinski definition) is 2. The number of nitriles is 1. The van der Waals surface area contributed by atoms with Gasteiger partial charge in [-0.1, -0.05) is 13.8 Å². The fourth-order valence-corrected chi connectivity index (χ4v) is 2.20. The Bertz CT molecular complexity index is 578. The molecule has 0 spiro atoms. The van der Waals surface area contributed by atoms with Crippen molar-refractivity contribution < 1.29 is 9.18 Å². The maximum absolute atomic E-state index is 13.2. The fourth-order valence-electron chi connectivity index (χ4n) is 2.20. The number of anilines is 1. The Balaban J connectivity index is 2.69. The molecule has 0 aliphatic carbocycles. The standard InChI is InChI=1S/C16H23FN4O/c1-11(16(2,3)10-21(4)5)19-15(22)20-13-6-7-14(17)12(8-13)9-18/h6-8,11H,10H2,1-5H3,(H2,19,20,22)/t11-/m1/s1. The van der Waals surface area contributed by atoms with E-state index in [1.165, 1.54) is 12.1 Å². The van der Waals surface area contributed by atoms with Crippen LogP contribution in [0.5, 0.6) is 0 Å². The number of nitrogens with one attached hydrogen (secondary N) is 2. The largest absolute Gasteiger partial charge is 0.335 e. The number of nitrogens with zero attached hydrogens (tertiary/aromatic N) is 2. The van der Waals surface area contributed by atoms with Gasteiger partial charge in [0, 0.05) is 18.3 Å². The van der Waals surface area contributed by atoms with Crippen molar-refractivity contribution in [2.45, 2.75) is 26.8 Å². The summed E-state index contributed by atoms with van der Waals surface area (Å²) < 4.78 is 13.2. The van der Waals surface area contributed by atoms with Crippen LogP contribution in [0.3, 0.4) is 0 Å². The van der Waals surface area contributed by atoms with Crippen LogP contribution in [0.2, 0.25) is 0 Å². The molecule has 0 saturated carbocycles. The summed E-state index contributed by atoms with van der Waals surface area (Å²) in [5.41, 5.74) is 0.174. The third-order valence-corrected chi connectivity index (χ3v) is 3.59. The van der Waals surface area contributed by atoms with Crippen LogP contribution in [0.15, 0.2) is 18.2 Å². The lowest BCUT2D eigenvalue weighted by Crippen LogP contribution is -2.48. The number of halogens is 1. The van der Waals surface area contributed by atoms with Gasteiger partial charge in [0.25, 0.3) is 0 Å². The molecular weight excluding hydrogens is 283 g/mol. The van der Waals surface area contributed by atoms with Crippen molar-refractivity contribution in [3.63, 3.8) is 0 Å². The van der Waals surface area contributed by atoms with E-state index in [0.29, 0.717) is 5.69 Å². The van der Waals surface area contributed by atoms with E-state index < -0.39 is 5.82 Å². The molecule has 6 heteroatoms. The third kappa shape index (κ3) is 5.01. The van der Waals surface area contributed by atoms with Gasteiger partial charge < -0.3 is 15.5 Å². The van der Waals surface area contributed by atoms with Crippen molar-refractivity contribution >= 4 is 11.7 Å². The Hall–Kier alpha value is -2.13. The SMILES string of the molecule is C[C@@H](NC(=O)Nc1ccc(F)c(C#N)c1)C(C)(C)CN(C)C. The molecule has 0 bridgehead atoms. The summed E-state index contributed by atoms with van der Waals surface area (Å²) in [6.45, 7) is 6.91. The lowest BCUT2D eigenvalue weighted by Gasteiger charge is -2.34. The van der Waals surface area contributed by atoms with Crippen molar-refractivity contribution in [1.29, 1.82) is 5.26 Å². The quantitative estimate of drug-likeness (QED) is 0.879. The lowest BCUT2D eigenvalue weighted by atomic mass is 9.85. The molecule has 1 rings (SSSR count). The number of benzene rings is 1. The van der Waals surface area contributed by atoms with Gasteiger partial charge in [-0.3, -0.25) is 0 Å². The molecule has 2 amide bonds. The van der Waals surface area contributed by atoms with Crippen LogP contribution in [-0.2, 0) is 0 Å². The molecule has 1 atom stereocenters. The molecule has 0 aromatic heterocycles. The number of carbonyl (C=O) groups excluding carboxylic acids is 1. The van der Waals surface area contributed by atoms with Gasteiger partial charge in [-0.15, -0.1) is 0 Å². The number of urea groups is 1. The topological polar surface area (TPSA) is 68.2 Å². The van der Waals surface area contributed by atoms with Crippen molar-refractivity contribution in [2.75, 3.05) is 26.0 Å². The molecule has 120 valence electrons. The van der Waals surface area contributed by atoms with Gasteiger partial charge in [-0.2, -0.15) is 5.26 Å². The zero-order chi connectivity index (χ0) is 16.9. The van der Waals surface area contributed by atoms with E-state index in [9.17, 15) is 9.18 Å². The van der Waals surface area contributed by atoms with Crippen LogP contribution >= 0.6 is 0 Å². The summed E-state index contributed by atoms with van der Waals surface area (Å²) >= 11 is 0. The molecule has 0 fully saturated rings. The van der Waals surface area contributed by atoms with E-state index >= 15 is 0 Å². The third-order valence-electron chi connectivity index (χ3n) is 3.59. The van der Waals surface area contributed by atoms with E-state index in [2.05, 4.69) is 29.4 Å². The van der Waals surface area contributed by atoms with Gasteiger partial charge in [0.1, 0.15) is 11.9 Å². The Morgan fingerprint density at radius 2 is 2.09 bits per heavy atom. The maximum atomic E-state index is 13.2. The maximum Gasteiger partial charge on any atom is 0.319 e. The number of hydrogen-bond acceptors (Lipinski definition) is 3. The Labute approximate surface area is 131 Å². The van der Waals surface area contributed by atoms with Gasteiger partial charge in [0.2, 0.25) is 0 Å². The zero-order valence-corrected chi connectivity index (χ0v) is 13.7. The monoisotopic (exact) mass is 306 g/mol. The molecule has 0 saturated heterocycles. The molecule has 0 heterocycles. The Morgan fingerprint density at radius 3 is 2.64 bits per heavy atom. The smallest absolute Gasteiger partial charge is 0.319 e. The van der Waals surface area contributed by atoms with Crippen LogP contribution in [0.4, 0.5) is 14.9 Å². The molecular formula is C16H23FN4O. The highest BCUT2D eigenvalue weighted by molar-refractivity contribution is 5.89. The van der Waals surface area contributed by atoms with Gasteiger partial charge >= 0.3 is 6.03 Å². The molecule has 2 N–H and O–H groups in total. The minimum absolute atomic E-state index is 0.0641. The number of amides is 2. The first-order valence-corrected chi connectivity index (χ1v) is 7.07.